The van der Waals surface area contributed by atoms with Gasteiger partial charge in [-0.25, -0.2) is 9.78 Å². The Labute approximate surface area is 123 Å². The van der Waals surface area contributed by atoms with E-state index in [0.717, 1.165) is 10.7 Å². The van der Waals surface area contributed by atoms with Gasteiger partial charge in [-0.2, -0.15) is 5.48 Å². The summed E-state index contributed by atoms with van der Waals surface area (Å²) in [7, 11) is 0. The van der Waals surface area contributed by atoms with Crippen molar-refractivity contribution in [3.05, 3.63) is 16.1 Å². The lowest BCUT2D eigenvalue weighted by molar-refractivity contribution is -0.0145. The van der Waals surface area contributed by atoms with Crippen LogP contribution in [0.15, 0.2) is 5.38 Å². The monoisotopic (exact) mass is 302 g/mol. The second kappa shape index (κ2) is 7.56. The molecule has 1 aromatic rings. The highest BCUT2D eigenvalue weighted by Gasteiger charge is 2.16. The minimum absolute atomic E-state index is 0.0300. The van der Waals surface area contributed by atoms with Crippen molar-refractivity contribution in [2.75, 3.05) is 6.61 Å². The van der Waals surface area contributed by atoms with Crippen LogP contribution in [0.4, 0.5) is 4.79 Å². The van der Waals surface area contributed by atoms with E-state index in [2.05, 4.69) is 10.5 Å². The molecule has 0 aromatic carbocycles. The third kappa shape index (κ3) is 6.31. The van der Waals surface area contributed by atoms with Gasteiger partial charge in [0.25, 0.3) is 0 Å². The fraction of sp³-hybridized carbons (Fsp3) is 0.692. The summed E-state index contributed by atoms with van der Waals surface area (Å²) in [6, 6.07) is 0. The van der Waals surface area contributed by atoms with Gasteiger partial charge in [0.15, 0.2) is 0 Å². The summed E-state index contributed by atoms with van der Waals surface area (Å²) >= 11 is 1.51. The highest BCUT2D eigenvalue weighted by atomic mass is 32.1. The quantitative estimate of drug-likeness (QED) is 0.817. The number of hydroxylamine groups is 1. The first kappa shape index (κ1) is 16.9. The Bertz CT molecular complexity index is 428. The zero-order valence-corrected chi connectivity index (χ0v) is 13.4. The minimum Gasteiger partial charge on any atom is -0.442 e. The topological polar surface area (TPSA) is 69.7 Å². The normalized spacial score (nSPS) is 13.1. The third-order valence-electron chi connectivity index (χ3n) is 2.11. The number of amides is 1. The van der Waals surface area contributed by atoms with E-state index < -0.39 is 11.7 Å². The van der Waals surface area contributed by atoms with Crippen molar-refractivity contribution in [3.8, 4) is 0 Å². The molecule has 0 aliphatic rings. The molecule has 0 saturated heterocycles. The van der Waals surface area contributed by atoms with Gasteiger partial charge in [-0.3, -0.25) is 4.84 Å². The Morgan fingerprint density at radius 1 is 1.50 bits per heavy atom. The molecular formula is C13H22N2O4S. The predicted octanol–water partition coefficient (Wildman–Crippen LogP) is 3.20. The molecule has 114 valence electrons. The number of thiazole rings is 1. The van der Waals surface area contributed by atoms with E-state index in [0.29, 0.717) is 6.61 Å². The molecule has 1 rings (SSSR count). The number of carbonyl (C=O) groups excluding carboxylic acids is 1. The van der Waals surface area contributed by atoms with E-state index in [1.54, 1.807) is 20.8 Å². The Balaban J connectivity index is 2.34. The molecule has 0 bridgehead atoms. The fourth-order valence-electron chi connectivity index (χ4n) is 1.36. The third-order valence-corrected chi connectivity index (χ3v) is 3.16. The number of aromatic nitrogens is 1. The predicted molar refractivity (Wildman–Crippen MR) is 76.3 cm³/mol. The zero-order valence-electron chi connectivity index (χ0n) is 12.6. The number of hydrogen-bond acceptors (Lipinski definition) is 6. The lowest BCUT2D eigenvalue weighted by Crippen LogP contribution is -2.32. The van der Waals surface area contributed by atoms with Gasteiger partial charge in [-0.05, 0) is 34.6 Å². The van der Waals surface area contributed by atoms with Crippen LogP contribution in [-0.4, -0.2) is 23.3 Å². The van der Waals surface area contributed by atoms with Gasteiger partial charge in [-0.15, -0.1) is 11.3 Å². The lowest BCUT2D eigenvalue weighted by Gasteiger charge is -2.19. The molecule has 7 heteroatoms. The number of nitrogens with zero attached hydrogens (tertiary/aromatic N) is 1. The van der Waals surface area contributed by atoms with Crippen LogP contribution in [0.3, 0.4) is 0 Å². The largest absolute Gasteiger partial charge is 0.442 e. The summed E-state index contributed by atoms with van der Waals surface area (Å²) in [5, 5.41) is 2.77. The van der Waals surface area contributed by atoms with Crippen molar-refractivity contribution >= 4 is 17.4 Å². The van der Waals surface area contributed by atoms with E-state index in [9.17, 15) is 4.79 Å². The smallest absolute Gasteiger partial charge is 0.431 e. The van der Waals surface area contributed by atoms with Crippen molar-refractivity contribution in [2.24, 2.45) is 0 Å². The number of hydrogen-bond donors (Lipinski definition) is 1. The van der Waals surface area contributed by atoms with Crippen LogP contribution in [0.1, 0.15) is 51.4 Å². The molecule has 1 heterocycles. The molecule has 0 aliphatic heterocycles. The molecule has 1 amide bonds. The summed E-state index contributed by atoms with van der Waals surface area (Å²) in [6.07, 6.45) is -0.645. The number of carbonyl (C=O) groups is 1. The van der Waals surface area contributed by atoms with Gasteiger partial charge in [0, 0.05) is 12.0 Å². The minimum atomic E-state index is -0.615. The Hall–Kier alpha value is -1.18. The van der Waals surface area contributed by atoms with Gasteiger partial charge in [0.1, 0.15) is 23.3 Å². The molecule has 20 heavy (non-hydrogen) atoms. The van der Waals surface area contributed by atoms with Crippen molar-refractivity contribution < 1.29 is 19.1 Å². The second-order valence-corrected chi connectivity index (χ2v) is 6.06. The van der Waals surface area contributed by atoms with E-state index in [4.69, 9.17) is 14.3 Å². The average Bonchev–Trinajstić information content (AvgIpc) is 2.75. The van der Waals surface area contributed by atoms with Crippen LogP contribution >= 0.6 is 11.3 Å². The van der Waals surface area contributed by atoms with E-state index >= 15 is 0 Å². The van der Waals surface area contributed by atoms with Gasteiger partial charge in [0.2, 0.25) is 0 Å². The lowest BCUT2D eigenvalue weighted by atomic mass is 10.2. The Morgan fingerprint density at radius 3 is 2.80 bits per heavy atom. The maximum atomic E-state index is 11.4. The first-order valence-electron chi connectivity index (χ1n) is 6.48. The summed E-state index contributed by atoms with van der Waals surface area (Å²) < 4.78 is 10.5. The molecule has 1 unspecified atom stereocenters. The molecule has 0 saturated carbocycles. The van der Waals surface area contributed by atoms with Crippen molar-refractivity contribution in [3.63, 3.8) is 0 Å². The maximum Gasteiger partial charge on any atom is 0.431 e. The van der Waals surface area contributed by atoms with E-state index in [-0.39, 0.29) is 12.7 Å². The molecule has 0 aliphatic carbocycles. The van der Waals surface area contributed by atoms with Crippen LogP contribution in [0.5, 0.6) is 0 Å². The Kier molecular flexibility index (Phi) is 6.38. The van der Waals surface area contributed by atoms with E-state index in [1.807, 2.05) is 19.2 Å². The SMILES string of the molecule is CCOC(C)c1nc(CONC(=O)OC(C)(C)C)cs1. The van der Waals surface area contributed by atoms with Gasteiger partial charge in [-0.1, -0.05) is 0 Å². The van der Waals surface area contributed by atoms with Crippen LogP contribution < -0.4 is 5.48 Å². The standard InChI is InChI=1S/C13H22N2O4S/c1-6-17-9(2)11-14-10(8-20-11)7-18-15-12(16)19-13(3,4)5/h8-9H,6-7H2,1-5H3,(H,15,16). The van der Waals surface area contributed by atoms with Crippen LogP contribution in [-0.2, 0) is 20.9 Å². The van der Waals surface area contributed by atoms with Gasteiger partial charge >= 0.3 is 6.09 Å². The average molecular weight is 302 g/mol. The highest BCUT2D eigenvalue weighted by molar-refractivity contribution is 7.09. The molecular weight excluding hydrogens is 280 g/mol. The molecule has 1 N–H and O–H groups in total. The second-order valence-electron chi connectivity index (χ2n) is 5.17. The highest BCUT2D eigenvalue weighted by Crippen LogP contribution is 2.21. The van der Waals surface area contributed by atoms with E-state index in [1.165, 1.54) is 11.3 Å². The van der Waals surface area contributed by atoms with Crippen molar-refractivity contribution in [2.45, 2.75) is 52.9 Å². The molecule has 1 aromatic heterocycles. The fourth-order valence-corrected chi connectivity index (χ4v) is 2.17. The summed E-state index contributed by atoms with van der Waals surface area (Å²) in [5.41, 5.74) is 2.42. The number of nitrogens with one attached hydrogen (secondary N) is 1. The summed E-state index contributed by atoms with van der Waals surface area (Å²) in [6.45, 7) is 10.1. The van der Waals surface area contributed by atoms with Gasteiger partial charge < -0.3 is 9.47 Å². The first-order valence-corrected chi connectivity index (χ1v) is 7.36. The number of rotatable bonds is 6. The van der Waals surface area contributed by atoms with Crippen molar-refractivity contribution in [1.82, 2.24) is 10.5 Å². The Morgan fingerprint density at radius 2 is 2.20 bits per heavy atom. The molecule has 1 atom stereocenters. The maximum absolute atomic E-state index is 11.4. The van der Waals surface area contributed by atoms with Crippen LogP contribution in [0, 0.1) is 0 Å². The molecule has 6 nitrogen and oxygen atoms in total. The molecule has 0 fully saturated rings. The first-order chi connectivity index (χ1) is 9.31. The summed E-state index contributed by atoms with van der Waals surface area (Å²) in [5.74, 6) is 0. The molecule has 0 spiro atoms. The van der Waals surface area contributed by atoms with Crippen molar-refractivity contribution in [1.29, 1.82) is 0 Å². The van der Waals surface area contributed by atoms with Crippen LogP contribution in [0.2, 0.25) is 0 Å². The number of ether oxygens (including phenoxy) is 2. The summed E-state index contributed by atoms with van der Waals surface area (Å²) in [4.78, 5) is 20.8. The zero-order chi connectivity index (χ0) is 15.2. The van der Waals surface area contributed by atoms with Gasteiger partial charge in [0.05, 0.1) is 5.69 Å². The van der Waals surface area contributed by atoms with Crippen LogP contribution in [0.25, 0.3) is 0 Å². The molecule has 0 radical (unpaired) electrons.